The van der Waals surface area contributed by atoms with E-state index in [9.17, 15) is 9.59 Å². The van der Waals surface area contributed by atoms with Crippen molar-refractivity contribution in [3.8, 4) is 0 Å². The van der Waals surface area contributed by atoms with E-state index in [1.54, 1.807) is 11.0 Å². The van der Waals surface area contributed by atoms with Crippen molar-refractivity contribution < 1.29 is 9.59 Å². The largest absolute Gasteiger partial charge is 0.355 e. The van der Waals surface area contributed by atoms with Gasteiger partial charge in [-0.2, -0.15) is 0 Å². The number of amides is 2. The molecule has 0 radical (unpaired) electrons. The molecule has 0 bridgehead atoms. The molecule has 4 rings (SSSR count). The first kappa shape index (κ1) is 21.6. The summed E-state index contributed by atoms with van der Waals surface area (Å²) >= 11 is 1.26. The first-order valence-electron chi connectivity index (χ1n) is 10.4. The number of nitrogens with zero attached hydrogens (tertiary/aromatic N) is 2. The Bertz CT molecular complexity index is 1130. The SMILES string of the molecule is O=C(CSC1=N/C(=C\c2ccccc2)C(=O)N1c1ccccc1)NCCc1ccccc1. The summed E-state index contributed by atoms with van der Waals surface area (Å²) < 4.78 is 0. The Morgan fingerprint density at radius 3 is 2.22 bits per heavy atom. The van der Waals surface area contributed by atoms with Gasteiger partial charge in [-0.25, -0.2) is 4.99 Å². The zero-order valence-corrected chi connectivity index (χ0v) is 18.3. The minimum Gasteiger partial charge on any atom is -0.355 e. The molecule has 6 heteroatoms. The number of carbonyl (C=O) groups excluding carboxylic acids is 2. The average molecular weight is 442 g/mol. The fraction of sp³-hybridized carbons (Fsp3) is 0.115. The van der Waals surface area contributed by atoms with Crippen molar-refractivity contribution in [1.82, 2.24) is 5.32 Å². The molecule has 0 saturated carbocycles. The minimum absolute atomic E-state index is 0.0884. The molecule has 0 spiro atoms. The third-order valence-electron chi connectivity index (χ3n) is 4.86. The number of thioether (sulfide) groups is 1. The Labute approximate surface area is 191 Å². The van der Waals surface area contributed by atoms with Crippen LogP contribution in [0.5, 0.6) is 0 Å². The van der Waals surface area contributed by atoms with E-state index in [4.69, 9.17) is 0 Å². The van der Waals surface area contributed by atoms with Crippen molar-refractivity contribution >= 4 is 40.5 Å². The molecule has 32 heavy (non-hydrogen) atoms. The molecular weight excluding hydrogens is 418 g/mol. The van der Waals surface area contributed by atoms with Crippen molar-refractivity contribution in [2.24, 2.45) is 4.99 Å². The van der Waals surface area contributed by atoms with Crippen LogP contribution in [0.4, 0.5) is 5.69 Å². The molecule has 160 valence electrons. The van der Waals surface area contributed by atoms with E-state index >= 15 is 0 Å². The van der Waals surface area contributed by atoms with Gasteiger partial charge in [-0.3, -0.25) is 14.5 Å². The molecule has 0 unspecified atom stereocenters. The van der Waals surface area contributed by atoms with Gasteiger partial charge in [0.1, 0.15) is 5.70 Å². The number of hydrogen-bond acceptors (Lipinski definition) is 4. The number of para-hydroxylation sites is 1. The molecule has 3 aromatic rings. The fourth-order valence-corrected chi connectivity index (χ4v) is 4.12. The summed E-state index contributed by atoms with van der Waals surface area (Å²) in [7, 11) is 0. The first-order valence-corrected chi connectivity index (χ1v) is 11.4. The van der Waals surface area contributed by atoms with E-state index in [-0.39, 0.29) is 17.6 Å². The first-order chi connectivity index (χ1) is 15.7. The lowest BCUT2D eigenvalue weighted by atomic mass is 10.1. The lowest BCUT2D eigenvalue weighted by molar-refractivity contribution is -0.118. The molecule has 1 heterocycles. The molecule has 0 aliphatic carbocycles. The van der Waals surface area contributed by atoms with E-state index in [1.165, 1.54) is 17.3 Å². The van der Waals surface area contributed by atoms with E-state index < -0.39 is 0 Å². The van der Waals surface area contributed by atoms with Crippen LogP contribution in [0.2, 0.25) is 0 Å². The predicted octanol–water partition coefficient (Wildman–Crippen LogP) is 4.52. The third-order valence-corrected chi connectivity index (χ3v) is 5.80. The van der Waals surface area contributed by atoms with Gasteiger partial charge in [-0.1, -0.05) is 90.6 Å². The maximum Gasteiger partial charge on any atom is 0.283 e. The number of benzene rings is 3. The second-order valence-corrected chi connectivity index (χ2v) is 8.13. The summed E-state index contributed by atoms with van der Waals surface area (Å²) in [5.74, 6) is -0.107. The lowest BCUT2D eigenvalue weighted by Gasteiger charge is -2.17. The highest BCUT2D eigenvalue weighted by Gasteiger charge is 2.32. The Morgan fingerprint density at radius 1 is 0.906 bits per heavy atom. The second-order valence-electron chi connectivity index (χ2n) is 7.18. The summed E-state index contributed by atoms with van der Waals surface area (Å²) in [5.41, 5.74) is 3.16. The monoisotopic (exact) mass is 441 g/mol. The fourth-order valence-electron chi connectivity index (χ4n) is 3.28. The van der Waals surface area contributed by atoms with Crippen LogP contribution in [0.3, 0.4) is 0 Å². The molecule has 1 aliphatic rings. The Hall–Kier alpha value is -3.64. The van der Waals surface area contributed by atoms with E-state index in [0.29, 0.717) is 17.4 Å². The zero-order chi connectivity index (χ0) is 22.2. The molecule has 2 amide bonds. The van der Waals surface area contributed by atoms with Gasteiger partial charge in [-0.05, 0) is 35.8 Å². The summed E-state index contributed by atoms with van der Waals surface area (Å²) in [5, 5.41) is 3.44. The van der Waals surface area contributed by atoms with Crippen molar-refractivity contribution in [3.05, 3.63) is 108 Å². The van der Waals surface area contributed by atoms with Crippen LogP contribution < -0.4 is 10.2 Å². The van der Waals surface area contributed by atoms with Crippen LogP contribution in [0.15, 0.2) is 102 Å². The van der Waals surface area contributed by atoms with Crippen LogP contribution in [-0.4, -0.2) is 29.3 Å². The van der Waals surface area contributed by atoms with Crippen molar-refractivity contribution in [3.63, 3.8) is 0 Å². The third kappa shape index (κ3) is 5.53. The van der Waals surface area contributed by atoms with Crippen LogP contribution in [-0.2, 0) is 16.0 Å². The number of anilines is 1. The second kappa shape index (κ2) is 10.6. The Kier molecular flexibility index (Phi) is 7.15. The van der Waals surface area contributed by atoms with E-state index in [1.807, 2.05) is 91.0 Å². The van der Waals surface area contributed by atoms with Gasteiger partial charge in [0.15, 0.2) is 5.17 Å². The predicted molar refractivity (Wildman–Crippen MR) is 131 cm³/mol. The summed E-state index contributed by atoms with van der Waals surface area (Å²) in [6.45, 7) is 0.566. The molecule has 5 nitrogen and oxygen atoms in total. The quantitative estimate of drug-likeness (QED) is 0.548. The molecule has 3 aromatic carbocycles. The molecule has 0 aromatic heterocycles. The number of rotatable bonds is 7. The van der Waals surface area contributed by atoms with Crippen molar-refractivity contribution in [1.29, 1.82) is 0 Å². The van der Waals surface area contributed by atoms with Gasteiger partial charge in [0, 0.05) is 6.54 Å². The minimum atomic E-state index is -0.202. The van der Waals surface area contributed by atoms with Crippen LogP contribution in [0.1, 0.15) is 11.1 Å². The van der Waals surface area contributed by atoms with Crippen LogP contribution >= 0.6 is 11.8 Å². The standard InChI is InChI=1S/C26H23N3O2S/c30-24(27-17-16-20-10-4-1-5-11-20)19-32-26-28-23(18-21-12-6-2-7-13-21)25(31)29(26)22-14-8-3-9-15-22/h1-15,18H,16-17,19H2,(H,27,30)/b23-18-. The molecule has 1 aliphatic heterocycles. The van der Waals surface area contributed by atoms with Gasteiger partial charge >= 0.3 is 0 Å². The van der Waals surface area contributed by atoms with E-state index in [0.717, 1.165) is 17.7 Å². The molecule has 0 atom stereocenters. The highest BCUT2D eigenvalue weighted by Crippen LogP contribution is 2.29. The molecule has 0 fully saturated rings. The summed E-state index contributed by atoms with van der Waals surface area (Å²) in [4.78, 5) is 31.6. The normalized spacial score (nSPS) is 14.5. The van der Waals surface area contributed by atoms with Gasteiger partial charge in [0.2, 0.25) is 5.91 Å². The Morgan fingerprint density at radius 2 is 1.53 bits per heavy atom. The summed E-state index contributed by atoms with van der Waals surface area (Å²) in [6.07, 6.45) is 2.54. The number of hydrogen-bond donors (Lipinski definition) is 1. The molecular formula is C26H23N3O2S. The number of amidine groups is 1. The molecule has 1 N–H and O–H groups in total. The molecule has 0 saturated heterocycles. The Balaban J connectivity index is 1.44. The maximum absolute atomic E-state index is 13.1. The number of nitrogens with one attached hydrogen (secondary N) is 1. The smallest absolute Gasteiger partial charge is 0.283 e. The summed E-state index contributed by atoms with van der Waals surface area (Å²) in [6, 6.07) is 29.0. The lowest BCUT2D eigenvalue weighted by Crippen LogP contribution is -2.32. The average Bonchev–Trinajstić information content (AvgIpc) is 3.14. The van der Waals surface area contributed by atoms with Crippen LogP contribution in [0, 0.1) is 0 Å². The van der Waals surface area contributed by atoms with Gasteiger partial charge < -0.3 is 5.32 Å². The number of aliphatic imine (C=N–C) groups is 1. The number of carbonyl (C=O) groups is 2. The highest BCUT2D eigenvalue weighted by molar-refractivity contribution is 8.14. The zero-order valence-electron chi connectivity index (χ0n) is 17.5. The van der Waals surface area contributed by atoms with Gasteiger partial charge in [0.05, 0.1) is 11.4 Å². The van der Waals surface area contributed by atoms with Crippen LogP contribution in [0.25, 0.3) is 6.08 Å². The van der Waals surface area contributed by atoms with E-state index in [2.05, 4.69) is 10.3 Å². The van der Waals surface area contributed by atoms with Crippen molar-refractivity contribution in [2.75, 3.05) is 17.2 Å². The topological polar surface area (TPSA) is 61.8 Å². The highest BCUT2D eigenvalue weighted by atomic mass is 32.2. The van der Waals surface area contributed by atoms with Gasteiger partial charge in [-0.15, -0.1) is 0 Å². The maximum atomic E-state index is 13.1. The van der Waals surface area contributed by atoms with Crippen molar-refractivity contribution in [2.45, 2.75) is 6.42 Å². The van der Waals surface area contributed by atoms with Gasteiger partial charge in [0.25, 0.3) is 5.91 Å².